The topological polar surface area (TPSA) is 109 Å². The molecule has 3 N–H and O–H groups in total. The Morgan fingerprint density at radius 2 is 2.22 bits per heavy atom. The van der Waals surface area contributed by atoms with E-state index >= 15 is 0 Å². The Balaban J connectivity index is 1.40. The summed E-state index contributed by atoms with van der Waals surface area (Å²) in [5, 5.41) is 15.1. The minimum absolute atomic E-state index is 0.102. The molecule has 0 radical (unpaired) electrons. The SMILES string of the molecule is Nc1cc(N2CCN3CC(CO)C[AsH]C3C2)nc2nc(-c3ccco3)nn12. The molecule has 2 aliphatic rings. The zero-order valence-electron chi connectivity index (χ0n) is 14.8. The second kappa shape index (κ2) is 6.81. The molecule has 10 heteroatoms. The maximum absolute atomic E-state index is 9.45. The fourth-order valence-corrected chi connectivity index (χ4v) is 7.39. The summed E-state index contributed by atoms with van der Waals surface area (Å²) in [6.07, 6.45) is 1.59. The van der Waals surface area contributed by atoms with Gasteiger partial charge in [0.1, 0.15) is 0 Å². The number of nitrogens with zero attached hydrogens (tertiary/aromatic N) is 6. The van der Waals surface area contributed by atoms with E-state index in [1.807, 2.05) is 12.1 Å². The van der Waals surface area contributed by atoms with Crippen LogP contribution in [0.4, 0.5) is 11.6 Å². The zero-order chi connectivity index (χ0) is 18.4. The molecule has 0 aromatic carbocycles. The standard InChI is InChI=1S/C17H22AsN7O2/c19-14-6-15(20-17-21-16(22-25(14)17)12-2-1-5-27-12)24-4-3-23-8-11(10-26)7-18-13(23)9-24/h1-2,5-6,11,13,18,26H,3-4,7-10,19H2. The molecule has 2 aliphatic heterocycles. The summed E-state index contributed by atoms with van der Waals surface area (Å²) in [4.78, 5) is 14.7. The summed E-state index contributed by atoms with van der Waals surface area (Å²) in [7, 11) is 0. The van der Waals surface area contributed by atoms with Crippen LogP contribution < -0.4 is 10.6 Å². The molecule has 5 heterocycles. The fourth-order valence-electron chi connectivity index (χ4n) is 3.81. The molecule has 2 fully saturated rings. The van der Waals surface area contributed by atoms with E-state index in [4.69, 9.17) is 15.1 Å². The van der Waals surface area contributed by atoms with Crippen LogP contribution in [0.2, 0.25) is 5.21 Å². The predicted molar refractivity (Wildman–Crippen MR) is 103 cm³/mol. The number of fused-ring (bicyclic) bond motifs is 2. The summed E-state index contributed by atoms with van der Waals surface area (Å²) < 4.78 is 6.93. The van der Waals surface area contributed by atoms with Gasteiger partial charge in [0.15, 0.2) is 0 Å². The van der Waals surface area contributed by atoms with Gasteiger partial charge in [0, 0.05) is 0 Å². The van der Waals surface area contributed by atoms with Crippen LogP contribution in [-0.4, -0.2) is 83.0 Å². The number of aliphatic hydroxyl groups excluding tert-OH is 1. The van der Waals surface area contributed by atoms with Crippen LogP contribution in [0.25, 0.3) is 17.4 Å². The Hall–Kier alpha value is -2.09. The van der Waals surface area contributed by atoms with Gasteiger partial charge in [-0.3, -0.25) is 0 Å². The van der Waals surface area contributed by atoms with Gasteiger partial charge in [0.05, 0.1) is 0 Å². The quantitative estimate of drug-likeness (QED) is 0.554. The number of rotatable bonds is 3. The van der Waals surface area contributed by atoms with Crippen molar-refractivity contribution in [2.24, 2.45) is 5.92 Å². The van der Waals surface area contributed by atoms with E-state index in [2.05, 4.69) is 19.9 Å². The van der Waals surface area contributed by atoms with E-state index in [1.165, 1.54) is 5.21 Å². The average molecular weight is 431 g/mol. The summed E-state index contributed by atoms with van der Waals surface area (Å²) in [5.74, 6) is 3.40. The van der Waals surface area contributed by atoms with Gasteiger partial charge in [-0.2, -0.15) is 0 Å². The summed E-state index contributed by atoms with van der Waals surface area (Å²) in [6.45, 7) is 4.21. The molecule has 3 aromatic rings. The van der Waals surface area contributed by atoms with Crippen LogP contribution >= 0.6 is 0 Å². The van der Waals surface area contributed by atoms with Gasteiger partial charge in [-0.15, -0.1) is 0 Å². The molecule has 27 heavy (non-hydrogen) atoms. The first-order chi connectivity index (χ1) is 13.2. The van der Waals surface area contributed by atoms with Gasteiger partial charge in [-0.05, 0) is 0 Å². The molecule has 0 bridgehead atoms. The fraction of sp³-hybridized carbons (Fsp3) is 0.471. The average Bonchev–Trinajstić information content (AvgIpc) is 3.36. The molecule has 2 saturated heterocycles. The molecule has 0 aliphatic carbocycles. The van der Waals surface area contributed by atoms with Gasteiger partial charge in [-0.25, -0.2) is 0 Å². The van der Waals surface area contributed by atoms with Crippen LogP contribution in [0.15, 0.2) is 28.9 Å². The van der Waals surface area contributed by atoms with Crippen molar-refractivity contribution < 1.29 is 9.52 Å². The number of hydrogen-bond donors (Lipinski definition) is 2. The summed E-state index contributed by atoms with van der Waals surface area (Å²) in [6, 6.07) is 5.50. The van der Waals surface area contributed by atoms with Crippen LogP contribution in [0, 0.1) is 5.92 Å². The number of furan rings is 1. The maximum atomic E-state index is 9.45. The van der Waals surface area contributed by atoms with Crippen molar-refractivity contribution in [3.8, 4) is 11.6 Å². The van der Waals surface area contributed by atoms with Gasteiger partial charge in [0.25, 0.3) is 0 Å². The minimum atomic E-state index is -0.102. The number of aliphatic hydroxyl groups is 1. The van der Waals surface area contributed by atoms with Crippen molar-refractivity contribution in [2.75, 3.05) is 43.4 Å². The van der Waals surface area contributed by atoms with Crippen LogP contribution in [0.5, 0.6) is 0 Å². The van der Waals surface area contributed by atoms with E-state index in [0.717, 1.165) is 32.0 Å². The Morgan fingerprint density at radius 3 is 3.04 bits per heavy atom. The van der Waals surface area contributed by atoms with Crippen LogP contribution in [0.1, 0.15) is 0 Å². The van der Waals surface area contributed by atoms with Crippen molar-refractivity contribution in [2.45, 2.75) is 10.0 Å². The zero-order valence-corrected chi connectivity index (χ0v) is 16.9. The third-order valence-corrected chi connectivity index (χ3v) is 9.12. The number of nitrogen functional groups attached to an aromatic ring is 1. The van der Waals surface area contributed by atoms with Crippen molar-refractivity contribution in [1.82, 2.24) is 24.5 Å². The Kier molecular flexibility index (Phi) is 4.30. The second-order valence-electron chi connectivity index (χ2n) is 7.08. The second-order valence-corrected chi connectivity index (χ2v) is 10.2. The number of anilines is 2. The summed E-state index contributed by atoms with van der Waals surface area (Å²) >= 11 is -0.102. The molecule has 3 aromatic heterocycles. The number of nitrogens with two attached hydrogens (primary N) is 1. The van der Waals surface area contributed by atoms with E-state index in [9.17, 15) is 5.11 Å². The molecule has 0 spiro atoms. The molecule has 5 rings (SSSR count). The molecule has 3 unspecified atom stereocenters. The van der Waals surface area contributed by atoms with E-state index in [1.54, 1.807) is 16.8 Å². The first kappa shape index (κ1) is 17.0. The Bertz CT molecular complexity index is 944. The van der Waals surface area contributed by atoms with Gasteiger partial charge < -0.3 is 0 Å². The first-order valence-corrected chi connectivity index (χ1v) is 11.8. The van der Waals surface area contributed by atoms with Crippen molar-refractivity contribution >= 4 is 33.2 Å². The number of piperazine rings is 1. The van der Waals surface area contributed by atoms with Crippen molar-refractivity contribution in [3.63, 3.8) is 0 Å². The van der Waals surface area contributed by atoms with Crippen LogP contribution in [-0.2, 0) is 0 Å². The molecule has 0 amide bonds. The predicted octanol–water partition coefficient (Wildman–Crippen LogP) is -0.109. The molecule has 9 nitrogen and oxygen atoms in total. The molecular formula is C17H22AsN7O2. The first-order valence-electron chi connectivity index (χ1n) is 9.11. The summed E-state index contributed by atoms with van der Waals surface area (Å²) in [5.41, 5.74) is 6.23. The number of hydrogen-bond acceptors (Lipinski definition) is 8. The van der Waals surface area contributed by atoms with Gasteiger partial charge >= 0.3 is 163 Å². The Morgan fingerprint density at radius 1 is 1.30 bits per heavy atom. The van der Waals surface area contributed by atoms with E-state index in [-0.39, 0.29) is 15.8 Å². The van der Waals surface area contributed by atoms with E-state index < -0.39 is 0 Å². The monoisotopic (exact) mass is 431 g/mol. The molecule has 3 atom stereocenters. The van der Waals surface area contributed by atoms with Gasteiger partial charge in [-0.1, -0.05) is 0 Å². The molecular weight excluding hydrogens is 409 g/mol. The Labute approximate surface area is 162 Å². The molecule has 0 saturated carbocycles. The van der Waals surface area contributed by atoms with Crippen LogP contribution in [0.3, 0.4) is 0 Å². The number of aromatic nitrogens is 4. The van der Waals surface area contributed by atoms with E-state index in [0.29, 0.717) is 40.5 Å². The third-order valence-electron chi connectivity index (χ3n) is 5.28. The van der Waals surface area contributed by atoms with Crippen molar-refractivity contribution in [3.05, 3.63) is 24.5 Å². The van der Waals surface area contributed by atoms with Gasteiger partial charge in [0.2, 0.25) is 0 Å². The third kappa shape index (κ3) is 3.09. The normalized spacial score (nSPS) is 24.6. The molecule has 142 valence electrons. The van der Waals surface area contributed by atoms with Crippen molar-refractivity contribution in [1.29, 1.82) is 0 Å².